The SMILES string of the molecule is O=C(O)N1CCC(n2cc(-c3ccc4c(c3)ncn4-c3cc(-c4ccc(F)cc4F)cc(NS(=O)(=O)C4CC4)n3)cn2)C1. The van der Waals surface area contributed by atoms with Gasteiger partial charge in [0, 0.05) is 36.5 Å². The van der Waals surface area contributed by atoms with Crippen molar-refractivity contribution in [3.05, 3.63) is 78.9 Å². The number of anilines is 1. The van der Waals surface area contributed by atoms with Crippen LogP contribution in [-0.4, -0.2) is 67.2 Å². The summed E-state index contributed by atoms with van der Waals surface area (Å²) >= 11 is 0. The van der Waals surface area contributed by atoms with Crippen molar-refractivity contribution in [1.29, 1.82) is 0 Å². The third-order valence-electron chi connectivity index (χ3n) is 7.80. The van der Waals surface area contributed by atoms with E-state index in [-0.39, 0.29) is 17.4 Å². The van der Waals surface area contributed by atoms with Gasteiger partial charge in [0.2, 0.25) is 10.0 Å². The second kappa shape index (κ2) is 10.2. The molecule has 0 spiro atoms. The zero-order chi connectivity index (χ0) is 29.9. The van der Waals surface area contributed by atoms with Crippen LogP contribution in [0.3, 0.4) is 0 Å². The molecular weight excluding hydrogens is 580 g/mol. The number of imidazole rings is 1. The Morgan fingerprint density at radius 2 is 1.84 bits per heavy atom. The number of hydrogen-bond acceptors (Lipinski definition) is 6. The van der Waals surface area contributed by atoms with Crippen LogP contribution < -0.4 is 4.72 Å². The molecule has 1 unspecified atom stereocenters. The fourth-order valence-electron chi connectivity index (χ4n) is 5.37. The maximum absolute atomic E-state index is 14.8. The van der Waals surface area contributed by atoms with Gasteiger partial charge in [-0.05, 0) is 66.8 Å². The highest BCUT2D eigenvalue weighted by Gasteiger charge is 2.36. The smallest absolute Gasteiger partial charge is 0.407 e. The van der Waals surface area contributed by atoms with Gasteiger partial charge in [-0.15, -0.1) is 0 Å². The zero-order valence-electron chi connectivity index (χ0n) is 22.6. The molecule has 1 saturated heterocycles. The Morgan fingerprint density at radius 3 is 2.58 bits per heavy atom. The largest absolute Gasteiger partial charge is 0.465 e. The monoisotopic (exact) mass is 605 g/mol. The summed E-state index contributed by atoms with van der Waals surface area (Å²) in [5.74, 6) is -1.20. The van der Waals surface area contributed by atoms with E-state index < -0.39 is 33.0 Å². The quantitative estimate of drug-likeness (QED) is 0.265. The number of aromatic nitrogens is 5. The van der Waals surface area contributed by atoms with Gasteiger partial charge in [0.25, 0.3) is 0 Å². The number of amides is 1. The lowest BCUT2D eigenvalue weighted by Gasteiger charge is -2.13. The summed E-state index contributed by atoms with van der Waals surface area (Å²) in [5, 5.41) is 13.2. The first-order chi connectivity index (χ1) is 20.6. The third kappa shape index (κ3) is 5.18. The van der Waals surface area contributed by atoms with Crippen molar-refractivity contribution >= 4 is 33.0 Å². The van der Waals surface area contributed by atoms with Crippen LogP contribution in [0, 0.1) is 11.6 Å². The highest BCUT2D eigenvalue weighted by Crippen LogP contribution is 2.33. The van der Waals surface area contributed by atoms with Crippen molar-refractivity contribution in [2.75, 3.05) is 17.8 Å². The summed E-state index contributed by atoms with van der Waals surface area (Å²) in [7, 11) is -3.66. The van der Waals surface area contributed by atoms with Crippen molar-refractivity contribution in [2.45, 2.75) is 30.6 Å². The molecule has 11 nitrogen and oxygen atoms in total. The van der Waals surface area contributed by atoms with Crippen LogP contribution in [0.25, 0.3) is 39.1 Å². The number of carboxylic acid groups (broad SMARTS) is 1. The number of halogens is 2. The standard InChI is InChI=1S/C29H25F2N7O4S/c30-20-2-5-23(24(31)12-20)18-10-27(35-43(41,42)22-3-4-22)34-28(11-18)37-16-32-25-9-17(1-6-26(25)37)19-13-33-38(14-19)21-7-8-36(15-21)29(39)40/h1-2,5-6,9-14,16,21-22H,3-4,7-8,15H2,(H,34,35)(H,39,40). The summed E-state index contributed by atoms with van der Waals surface area (Å²) in [6, 6.07) is 11.8. The molecule has 14 heteroatoms. The van der Waals surface area contributed by atoms with E-state index in [1.165, 1.54) is 17.0 Å². The fraction of sp³-hybridized carbons (Fsp3) is 0.241. The Morgan fingerprint density at radius 1 is 1.00 bits per heavy atom. The molecule has 1 amide bonds. The van der Waals surface area contributed by atoms with Gasteiger partial charge in [-0.2, -0.15) is 5.10 Å². The molecule has 7 rings (SSSR count). The molecule has 0 bridgehead atoms. The molecule has 0 radical (unpaired) electrons. The van der Waals surface area contributed by atoms with E-state index in [1.54, 1.807) is 27.8 Å². The molecule has 1 atom stereocenters. The number of nitrogens with zero attached hydrogens (tertiary/aromatic N) is 6. The number of likely N-dealkylation sites (tertiary alicyclic amines) is 1. The Kier molecular flexibility index (Phi) is 6.38. The number of hydrogen-bond donors (Lipinski definition) is 2. The number of pyridine rings is 1. The number of nitrogens with one attached hydrogen (secondary N) is 1. The number of carbonyl (C=O) groups is 1. The molecule has 2 aromatic carbocycles. The van der Waals surface area contributed by atoms with Gasteiger partial charge < -0.3 is 10.0 Å². The van der Waals surface area contributed by atoms with Gasteiger partial charge in [0.15, 0.2) is 0 Å². The third-order valence-corrected chi connectivity index (χ3v) is 9.64. The lowest BCUT2D eigenvalue weighted by Crippen LogP contribution is -2.27. The summed E-state index contributed by atoms with van der Waals surface area (Å²) in [6.45, 7) is 0.845. The number of sulfonamides is 1. The van der Waals surface area contributed by atoms with E-state index >= 15 is 0 Å². The van der Waals surface area contributed by atoms with E-state index in [9.17, 15) is 27.1 Å². The predicted molar refractivity (Wildman–Crippen MR) is 154 cm³/mol. The van der Waals surface area contributed by atoms with Gasteiger partial charge in [-0.3, -0.25) is 14.0 Å². The van der Waals surface area contributed by atoms with Gasteiger partial charge in [0.1, 0.15) is 29.6 Å². The zero-order valence-corrected chi connectivity index (χ0v) is 23.4. The predicted octanol–water partition coefficient (Wildman–Crippen LogP) is 5.06. The average molecular weight is 606 g/mol. The maximum Gasteiger partial charge on any atom is 0.407 e. The van der Waals surface area contributed by atoms with Gasteiger partial charge in [-0.25, -0.2) is 32.0 Å². The van der Waals surface area contributed by atoms with Gasteiger partial charge >= 0.3 is 6.09 Å². The Balaban J connectivity index is 1.24. The van der Waals surface area contributed by atoms with Crippen molar-refractivity contribution in [3.8, 4) is 28.1 Å². The van der Waals surface area contributed by atoms with Crippen LogP contribution in [-0.2, 0) is 10.0 Å². The molecule has 2 aliphatic rings. The van der Waals surface area contributed by atoms with Crippen LogP contribution >= 0.6 is 0 Å². The first-order valence-corrected chi connectivity index (χ1v) is 15.2. The number of rotatable bonds is 7. The molecule has 4 heterocycles. The topological polar surface area (TPSA) is 135 Å². The summed E-state index contributed by atoms with van der Waals surface area (Å²) in [6.07, 6.45) is 6.02. The molecule has 43 heavy (non-hydrogen) atoms. The van der Waals surface area contributed by atoms with Gasteiger partial charge in [0.05, 0.1) is 28.5 Å². The average Bonchev–Trinajstić information content (AvgIpc) is 3.35. The van der Waals surface area contributed by atoms with E-state index in [0.717, 1.165) is 23.3 Å². The van der Waals surface area contributed by atoms with Crippen molar-refractivity contribution < 1.29 is 27.1 Å². The van der Waals surface area contributed by atoms with Crippen molar-refractivity contribution in [1.82, 2.24) is 29.2 Å². The summed E-state index contributed by atoms with van der Waals surface area (Å²) < 4.78 is 59.8. The van der Waals surface area contributed by atoms with Crippen LogP contribution in [0.1, 0.15) is 25.3 Å². The van der Waals surface area contributed by atoms with Crippen LogP contribution in [0.2, 0.25) is 0 Å². The second-order valence-electron chi connectivity index (χ2n) is 10.8. The van der Waals surface area contributed by atoms with Crippen molar-refractivity contribution in [2.24, 2.45) is 0 Å². The fourth-order valence-corrected chi connectivity index (χ4v) is 6.69. The number of fused-ring (bicyclic) bond motifs is 1. The molecule has 5 aromatic rings. The van der Waals surface area contributed by atoms with Gasteiger partial charge in [-0.1, -0.05) is 6.07 Å². The van der Waals surface area contributed by atoms with Crippen LogP contribution in [0.5, 0.6) is 0 Å². The van der Waals surface area contributed by atoms with E-state index in [4.69, 9.17) is 0 Å². The molecule has 220 valence electrons. The summed E-state index contributed by atoms with van der Waals surface area (Å²) in [4.78, 5) is 21.7. The molecule has 2 fully saturated rings. The maximum atomic E-state index is 14.8. The Labute approximate surface area is 244 Å². The lowest BCUT2D eigenvalue weighted by atomic mass is 10.1. The minimum absolute atomic E-state index is 0.0161. The first-order valence-electron chi connectivity index (χ1n) is 13.6. The highest BCUT2D eigenvalue weighted by molar-refractivity contribution is 7.93. The Bertz CT molecular complexity index is 2010. The first kappa shape index (κ1) is 27.0. The molecule has 1 aliphatic carbocycles. The van der Waals surface area contributed by atoms with Crippen molar-refractivity contribution in [3.63, 3.8) is 0 Å². The lowest BCUT2D eigenvalue weighted by molar-refractivity contribution is 0.154. The van der Waals surface area contributed by atoms with Crippen LogP contribution in [0.15, 0.2) is 67.3 Å². The minimum Gasteiger partial charge on any atom is -0.465 e. The van der Waals surface area contributed by atoms with Crippen LogP contribution in [0.4, 0.5) is 19.4 Å². The normalized spacial score (nSPS) is 17.1. The van der Waals surface area contributed by atoms with E-state index in [1.807, 2.05) is 24.4 Å². The minimum atomic E-state index is -3.66. The van der Waals surface area contributed by atoms with E-state index in [2.05, 4.69) is 19.8 Å². The molecule has 3 aromatic heterocycles. The summed E-state index contributed by atoms with van der Waals surface area (Å²) in [5.41, 5.74) is 3.40. The Hall–Kier alpha value is -4.85. The molecule has 1 aliphatic heterocycles. The molecule has 2 N–H and O–H groups in total. The molecular formula is C29H25F2N7O4S. The highest BCUT2D eigenvalue weighted by atomic mass is 32.2. The molecule has 1 saturated carbocycles. The second-order valence-corrected chi connectivity index (χ2v) is 12.7. The number of benzene rings is 2. The van der Waals surface area contributed by atoms with E-state index in [0.29, 0.717) is 54.8 Å².